The van der Waals surface area contributed by atoms with Crippen LogP contribution in [-0.2, 0) is 4.79 Å². The molecule has 0 heterocycles. The Morgan fingerprint density at radius 2 is 2.29 bits per heavy atom. The summed E-state index contributed by atoms with van der Waals surface area (Å²) in [7, 11) is 0. The lowest BCUT2D eigenvalue weighted by Crippen LogP contribution is -2.12. The van der Waals surface area contributed by atoms with E-state index in [4.69, 9.17) is 5.11 Å². The van der Waals surface area contributed by atoms with Crippen molar-refractivity contribution in [2.75, 3.05) is 0 Å². The molecule has 2 nitrogen and oxygen atoms in total. The van der Waals surface area contributed by atoms with Gasteiger partial charge in [0.2, 0.25) is 0 Å². The highest BCUT2D eigenvalue weighted by Gasteiger charge is 2.20. The van der Waals surface area contributed by atoms with E-state index in [1.165, 1.54) is 12.1 Å². The zero-order valence-electron chi connectivity index (χ0n) is 7.63. The molecule has 14 heavy (non-hydrogen) atoms. The highest BCUT2D eigenvalue weighted by Crippen LogP contribution is 2.25. The average Bonchev–Trinajstić information content (AvgIpc) is 2.09. The number of benzene rings is 1. The van der Waals surface area contributed by atoms with Crippen molar-refractivity contribution >= 4 is 21.9 Å². The predicted octanol–water partition coefficient (Wildman–Crippen LogP) is 3.17. The molecule has 4 heteroatoms. The highest BCUT2D eigenvalue weighted by atomic mass is 79.9. The van der Waals surface area contributed by atoms with E-state index in [0.717, 1.165) is 0 Å². The molecule has 0 bridgehead atoms. The van der Waals surface area contributed by atoms with Gasteiger partial charge >= 0.3 is 5.97 Å². The van der Waals surface area contributed by atoms with Crippen LogP contribution in [0.2, 0.25) is 0 Å². The molecule has 76 valence electrons. The second-order valence-corrected chi connectivity index (χ2v) is 3.88. The SMILES string of the molecule is CCC(C(=O)O)c1ccc(Br)cc1F. The first kappa shape index (κ1) is 11.2. The van der Waals surface area contributed by atoms with Crippen molar-refractivity contribution in [3.05, 3.63) is 34.1 Å². The summed E-state index contributed by atoms with van der Waals surface area (Å²) in [6.07, 6.45) is 0.383. The number of halogens is 2. The summed E-state index contributed by atoms with van der Waals surface area (Å²) in [5, 5.41) is 8.84. The molecule has 0 saturated heterocycles. The molecule has 0 saturated carbocycles. The second-order valence-electron chi connectivity index (χ2n) is 2.96. The van der Waals surface area contributed by atoms with Gasteiger partial charge in [0.1, 0.15) is 5.82 Å². The van der Waals surface area contributed by atoms with Crippen molar-refractivity contribution in [1.29, 1.82) is 0 Å². The molecule has 1 N–H and O–H groups in total. The van der Waals surface area contributed by atoms with Crippen LogP contribution in [0.25, 0.3) is 0 Å². The molecule has 0 spiro atoms. The fourth-order valence-electron chi connectivity index (χ4n) is 1.31. The van der Waals surface area contributed by atoms with Crippen LogP contribution in [0.1, 0.15) is 24.8 Å². The first-order valence-corrected chi connectivity index (χ1v) is 5.03. The van der Waals surface area contributed by atoms with Crippen LogP contribution in [0.15, 0.2) is 22.7 Å². The molecular weight excluding hydrogens is 251 g/mol. The fraction of sp³-hybridized carbons (Fsp3) is 0.300. The zero-order chi connectivity index (χ0) is 10.7. The van der Waals surface area contributed by atoms with Gasteiger partial charge in [-0.25, -0.2) is 4.39 Å². The number of rotatable bonds is 3. The van der Waals surface area contributed by atoms with Crippen LogP contribution in [0.3, 0.4) is 0 Å². The Morgan fingerprint density at radius 1 is 1.64 bits per heavy atom. The Balaban J connectivity index is 3.10. The third-order valence-corrected chi connectivity index (χ3v) is 2.54. The molecule has 1 aromatic rings. The molecular formula is C10H10BrFO2. The van der Waals surface area contributed by atoms with Crippen LogP contribution < -0.4 is 0 Å². The number of carbonyl (C=O) groups is 1. The normalized spacial score (nSPS) is 12.5. The van der Waals surface area contributed by atoms with Crippen molar-refractivity contribution in [1.82, 2.24) is 0 Å². The minimum Gasteiger partial charge on any atom is -0.481 e. The smallest absolute Gasteiger partial charge is 0.311 e. The summed E-state index contributed by atoms with van der Waals surface area (Å²) in [6, 6.07) is 4.42. The number of aliphatic carboxylic acids is 1. The van der Waals surface area contributed by atoms with Gasteiger partial charge < -0.3 is 5.11 Å². The van der Waals surface area contributed by atoms with Gasteiger partial charge in [-0.2, -0.15) is 0 Å². The van der Waals surface area contributed by atoms with Gasteiger partial charge in [0.15, 0.2) is 0 Å². The van der Waals surface area contributed by atoms with E-state index < -0.39 is 17.7 Å². The van der Waals surface area contributed by atoms with Crippen molar-refractivity contribution < 1.29 is 14.3 Å². The molecule has 0 fully saturated rings. The summed E-state index contributed by atoms with van der Waals surface area (Å²) in [4.78, 5) is 10.8. The fourth-order valence-corrected chi connectivity index (χ4v) is 1.64. The van der Waals surface area contributed by atoms with Crippen molar-refractivity contribution in [2.45, 2.75) is 19.3 Å². The van der Waals surface area contributed by atoms with E-state index in [1.807, 2.05) is 0 Å². The molecule has 0 amide bonds. The quantitative estimate of drug-likeness (QED) is 0.907. The third-order valence-electron chi connectivity index (χ3n) is 2.04. The second kappa shape index (κ2) is 4.55. The monoisotopic (exact) mass is 260 g/mol. The lowest BCUT2D eigenvalue weighted by Gasteiger charge is -2.10. The van der Waals surface area contributed by atoms with E-state index in [0.29, 0.717) is 10.9 Å². The van der Waals surface area contributed by atoms with Gasteiger partial charge in [-0.1, -0.05) is 28.9 Å². The molecule has 1 atom stereocenters. The lowest BCUT2D eigenvalue weighted by molar-refractivity contribution is -0.138. The number of hydrogen-bond donors (Lipinski definition) is 1. The largest absolute Gasteiger partial charge is 0.481 e. The van der Waals surface area contributed by atoms with Gasteiger partial charge in [-0.05, 0) is 18.6 Å². The Bertz CT molecular complexity index is 352. The lowest BCUT2D eigenvalue weighted by atomic mass is 9.96. The number of carboxylic acids is 1. The maximum Gasteiger partial charge on any atom is 0.311 e. The van der Waals surface area contributed by atoms with E-state index in [9.17, 15) is 9.18 Å². The minimum absolute atomic E-state index is 0.239. The van der Waals surface area contributed by atoms with Crippen LogP contribution in [0.5, 0.6) is 0 Å². The van der Waals surface area contributed by atoms with Crippen LogP contribution in [-0.4, -0.2) is 11.1 Å². The maximum absolute atomic E-state index is 13.4. The molecule has 0 aromatic heterocycles. The van der Waals surface area contributed by atoms with Crippen LogP contribution in [0.4, 0.5) is 4.39 Å². The van der Waals surface area contributed by atoms with E-state index >= 15 is 0 Å². The Morgan fingerprint density at radius 3 is 2.71 bits per heavy atom. The Kier molecular flexibility index (Phi) is 3.63. The molecule has 1 unspecified atom stereocenters. The van der Waals surface area contributed by atoms with E-state index in [-0.39, 0.29) is 5.56 Å². The predicted molar refractivity (Wildman–Crippen MR) is 54.8 cm³/mol. The van der Waals surface area contributed by atoms with Crippen LogP contribution >= 0.6 is 15.9 Å². The average molecular weight is 261 g/mol. The summed E-state index contributed by atoms with van der Waals surface area (Å²) in [5.74, 6) is -2.23. The van der Waals surface area contributed by atoms with Gasteiger partial charge in [0.05, 0.1) is 5.92 Å². The molecule has 0 radical (unpaired) electrons. The summed E-state index contributed by atoms with van der Waals surface area (Å²) in [6.45, 7) is 1.72. The van der Waals surface area contributed by atoms with Crippen LogP contribution in [0, 0.1) is 5.82 Å². The first-order valence-electron chi connectivity index (χ1n) is 4.24. The maximum atomic E-state index is 13.4. The molecule has 0 aliphatic carbocycles. The summed E-state index contributed by atoms with van der Waals surface area (Å²) < 4.78 is 14.0. The molecule has 1 aromatic carbocycles. The summed E-state index contributed by atoms with van der Waals surface area (Å²) in [5.41, 5.74) is 0.239. The highest BCUT2D eigenvalue weighted by molar-refractivity contribution is 9.10. The van der Waals surface area contributed by atoms with Gasteiger partial charge in [-0.3, -0.25) is 4.79 Å². The van der Waals surface area contributed by atoms with Crippen molar-refractivity contribution in [3.63, 3.8) is 0 Å². The molecule has 0 aliphatic rings. The molecule has 0 aliphatic heterocycles. The van der Waals surface area contributed by atoms with Gasteiger partial charge in [0, 0.05) is 10.0 Å². The Hall–Kier alpha value is -0.900. The Labute approximate surface area is 89.9 Å². The summed E-state index contributed by atoms with van der Waals surface area (Å²) >= 11 is 3.12. The first-order chi connectivity index (χ1) is 6.56. The standard InChI is InChI=1S/C10H10BrFO2/c1-2-7(10(13)14)8-4-3-6(11)5-9(8)12/h3-5,7H,2H2,1H3,(H,13,14). The third kappa shape index (κ3) is 2.32. The molecule has 1 rings (SSSR count). The minimum atomic E-state index is -0.992. The topological polar surface area (TPSA) is 37.3 Å². The van der Waals surface area contributed by atoms with E-state index in [1.54, 1.807) is 13.0 Å². The number of carboxylic acid groups (broad SMARTS) is 1. The van der Waals surface area contributed by atoms with E-state index in [2.05, 4.69) is 15.9 Å². The van der Waals surface area contributed by atoms with Gasteiger partial charge in [-0.15, -0.1) is 0 Å². The van der Waals surface area contributed by atoms with Gasteiger partial charge in [0.25, 0.3) is 0 Å². The van der Waals surface area contributed by atoms with Crippen molar-refractivity contribution in [3.8, 4) is 0 Å². The number of hydrogen-bond acceptors (Lipinski definition) is 1. The zero-order valence-corrected chi connectivity index (χ0v) is 9.21. The van der Waals surface area contributed by atoms with Crippen molar-refractivity contribution in [2.24, 2.45) is 0 Å².